The Hall–Kier alpha value is -2.08. The SMILES string of the molecule is CCC(Sc1nc2c(c(=O)[nH]1)CCCC2)C(=O)Nc1ccc(C)cc1. The van der Waals surface area contributed by atoms with Gasteiger partial charge in [0.25, 0.3) is 5.56 Å². The largest absolute Gasteiger partial charge is 0.325 e. The van der Waals surface area contributed by atoms with Crippen LogP contribution in [0.5, 0.6) is 0 Å². The third-order valence-corrected chi connectivity index (χ3v) is 5.65. The van der Waals surface area contributed by atoms with E-state index in [1.165, 1.54) is 11.8 Å². The van der Waals surface area contributed by atoms with Gasteiger partial charge in [-0.3, -0.25) is 9.59 Å². The number of rotatable bonds is 5. The molecule has 132 valence electrons. The van der Waals surface area contributed by atoms with Crippen molar-refractivity contribution in [2.24, 2.45) is 0 Å². The highest BCUT2D eigenvalue weighted by atomic mass is 32.2. The summed E-state index contributed by atoms with van der Waals surface area (Å²) in [7, 11) is 0. The Labute approximate surface area is 151 Å². The van der Waals surface area contributed by atoms with E-state index in [1.54, 1.807) is 0 Å². The van der Waals surface area contributed by atoms with Crippen LogP contribution in [-0.4, -0.2) is 21.1 Å². The number of aryl methyl sites for hydroxylation is 2. The van der Waals surface area contributed by atoms with Crippen molar-refractivity contribution in [3.8, 4) is 0 Å². The average molecular weight is 357 g/mol. The van der Waals surface area contributed by atoms with Crippen LogP contribution in [0.15, 0.2) is 34.2 Å². The van der Waals surface area contributed by atoms with Crippen LogP contribution in [0.2, 0.25) is 0 Å². The molecule has 0 saturated carbocycles. The fourth-order valence-corrected chi connectivity index (χ4v) is 3.87. The number of hydrogen-bond acceptors (Lipinski definition) is 4. The second kappa shape index (κ2) is 7.87. The number of carbonyl (C=O) groups excluding carboxylic acids is 1. The predicted octanol–water partition coefficient (Wildman–Crippen LogP) is 3.47. The summed E-state index contributed by atoms with van der Waals surface area (Å²) in [5.74, 6) is -0.0725. The van der Waals surface area contributed by atoms with Crippen LogP contribution < -0.4 is 10.9 Å². The number of carbonyl (C=O) groups is 1. The highest BCUT2D eigenvalue weighted by Gasteiger charge is 2.21. The maximum atomic E-state index is 12.6. The van der Waals surface area contributed by atoms with E-state index in [-0.39, 0.29) is 16.7 Å². The Morgan fingerprint density at radius 1 is 1.28 bits per heavy atom. The molecule has 1 aliphatic carbocycles. The van der Waals surface area contributed by atoms with Gasteiger partial charge in [-0.15, -0.1) is 0 Å². The molecule has 1 heterocycles. The van der Waals surface area contributed by atoms with E-state index in [9.17, 15) is 9.59 Å². The van der Waals surface area contributed by atoms with Crippen molar-refractivity contribution in [2.75, 3.05) is 5.32 Å². The Morgan fingerprint density at radius 2 is 2.00 bits per heavy atom. The summed E-state index contributed by atoms with van der Waals surface area (Å²) in [6.07, 6.45) is 4.41. The summed E-state index contributed by atoms with van der Waals surface area (Å²) in [5, 5.41) is 3.18. The molecule has 0 aliphatic heterocycles. The summed E-state index contributed by atoms with van der Waals surface area (Å²) in [5.41, 5.74) is 3.58. The summed E-state index contributed by atoms with van der Waals surface area (Å²) >= 11 is 1.33. The van der Waals surface area contributed by atoms with Crippen molar-refractivity contribution in [1.29, 1.82) is 0 Å². The van der Waals surface area contributed by atoms with Gasteiger partial charge in [-0.2, -0.15) is 0 Å². The van der Waals surface area contributed by atoms with Gasteiger partial charge in [-0.1, -0.05) is 36.4 Å². The van der Waals surface area contributed by atoms with Crippen molar-refractivity contribution in [3.63, 3.8) is 0 Å². The molecule has 0 fully saturated rings. The molecule has 0 bridgehead atoms. The van der Waals surface area contributed by atoms with Gasteiger partial charge >= 0.3 is 0 Å². The third-order valence-electron chi connectivity index (χ3n) is 4.41. The minimum atomic E-state index is -0.300. The molecule has 0 radical (unpaired) electrons. The standard InChI is InChI=1S/C19H23N3O2S/c1-3-16(18(24)20-13-10-8-12(2)9-11-13)25-19-21-15-7-5-4-6-14(15)17(23)22-19/h8-11,16H,3-7H2,1-2H3,(H,20,24)(H,21,22,23). The second-order valence-electron chi connectivity index (χ2n) is 6.37. The number of H-pyrrole nitrogens is 1. The zero-order valence-electron chi connectivity index (χ0n) is 14.6. The number of anilines is 1. The maximum absolute atomic E-state index is 12.6. The predicted molar refractivity (Wildman–Crippen MR) is 101 cm³/mol. The molecule has 2 N–H and O–H groups in total. The molecule has 1 atom stereocenters. The quantitative estimate of drug-likeness (QED) is 0.635. The lowest BCUT2D eigenvalue weighted by atomic mass is 9.97. The lowest BCUT2D eigenvalue weighted by Crippen LogP contribution is -2.26. The van der Waals surface area contributed by atoms with Crippen molar-refractivity contribution in [2.45, 2.75) is 56.4 Å². The third kappa shape index (κ3) is 4.31. The van der Waals surface area contributed by atoms with E-state index >= 15 is 0 Å². The van der Waals surface area contributed by atoms with Crippen LogP contribution in [0.25, 0.3) is 0 Å². The fourth-order valence-electron chi connectivity index (χ4n) is 2.95. The lowest BCUT2D eigenvalue weighted by Gasteiger charge is -2.17. The number of benzene rings is 1. The van der Waals surface area contributed by atoms with Gasteiger partial charge < -0.3 is 10.3 Å². The first kappa shape index (κ1) is 17.7. The smallest absolute Gasteiger partial charge is 0.254 e. The summed E-state index contributed by atoms with van der Waals surface area (Å²) in [6, 6.07) is 7.71. The Balaban J connectivity index is 1.73. The molecule has 5 nitrogen and oxygen atoms in total. The van der Waals surface area contributed by atoms with E-state index in [2.05, 4.69) is 15.3 Å². The number of aromatic nitrogens is 2. The Kier molecular flexibility index (Phi) is 5.58. The average Bonchev–Trinajstić information content (AvgIpc) is 2.61. The van der Waals surface area contributed by atoms with Gasteiger partial charge in [0.15, 0.2) is 5.16 Å². The highest BCUT2D eigenvalue weighted by Crippen LogP contribution is 2.25. The monoisotopic (exact) mass is 357 g/mol. The topological polar surface area (TPSA) is 74.8 Å². The Bertz CT molecular complexity index is 814. The summed E-state index contributed by atoms with van der Waals surface area (Å²) in [6.45, 7) is 3.97. The van der Waals surface area contributed by atoms with Gasteiger partial charge in [0.1, 0.15) is 0 Å². The van der Waals surface area contributed by atoms with Crippen molar-refractivity contribution >= 4 is 23.4 Å². The van der Waals surface area contributed by atoms with Crippen LogP contribution >= 0.6 is 11.8 Å². The molecule has 2 aromatic rings. The van der Waals surface area contributed by atoms with Crippen molar-refractivity contribution in [1.82, 2.24) is 9.97 Å². The Morgan fingerprint density at radius 3 is 2.72 bits per heavy atom. The highest BCUT2D eigenvalue weighted by molar-refractivity contribution is 8.00. The van der Waals surface area contributed by atoms with Gasteiger partial charge in [-0.25, -0.2) is 4.98 Å². The van der Waals surface area contributed by atoms with Crippen LogP contribution in [0.4, 0.5) is 5.69 Å². The molecule has 1 aromatic heterocycles. The minimum Gasteiger partial charge on any atom is -0.325 e. The summed E-state index contributed by atoms with van der Waals surface area (Å²) in [4.78, 5) is 32.2. The van der Waals surface area contributed by atoms with Gasteiger partial charge in [0.2, 0.25) is 5.91 Å². The zero-order valence-corrected chi connectivity index (χ0v) is 15.4. The lowest BCUT2D eigenvalue weighted by molar-refractivity contribution is -0.115. The minimum absolute atomic E-state index is 0.0546. The molecule has 1 amide bonds. The van der Waals surface area contributed by atoms with Crippen LogP contribution in [0.3, 0.4) is 0 Å². The molecule has 1 aromatic carbocycles. The molecular weight excluding hydrogens is 334 g/mol. The van der Waals surface area contributed by atoms with Gasteiger partial charge in [0, 0.05) is 11.3 Å². The fraction of sp³-hybridized carbons (Fsp3) is 0.421. The maximum Gasteiger partial charge on any atom is 0.254 e. The molecule has 0 spiro atoms. The number of hydrogen-bond donors (Lipinski definition) is 2. The van der Waals surface area contributed by atoms with Crippen LogP contribution in [0.1, 0.15) is 43.0 Å². The van der Waals surface area contributed by atoms with E-state index in [4.69, 9.17) is 0 Å². The van der Waals surface area contributed by atoms with Gasteiger partial charge in [-0.05, 0) is 51.2 Å². The van der Waals surface area contributed by atoms with Crippen molar-refractivity contribution < 1.29 is 4.79 Å². The molecule has 3 rings (SSSR count). The first-order valence-corrected chi connectivity index (χ1v) is 9.61. The van der Waals surface area contributed by atoms with Gasteiger partial charge in [0.05, 0.1) is 10.9 Å². The van der Waals surface area contributed by atoms with E-state index in [1.807, 2.05) is 38.1 Å². The molecule has 25 heavy (non-hydrogen) atoms. The van der Waals surface area contributed by atoms with E-state index in [0.29, 0.717) is 11.6 Å². The zero-order chi connectivity index (χ0) is 17.8. The van der Waals surface area contributed by atoms with E-state index in [0.717, 1.165) is 48.2 Å². The second-order valence-corrected chi connectivity index (χ2v) is 7.56. The normalized spacial score (nSPS) is 14.6. The first-order chi connectivity index (χ1) is 12.1. The number of thioether (sulfide) groups is 1. The van der Waals surface area contributed by atoms with E-state index < -0.39 is 0 Å². The molecule has 6 heteroatoms. The molecular formula is C19H23N3O2S. The number of fused-ring (bicyclic) bond motifs is 1. The van der Waals surface area contributed by atoms with Crippen LogP contribution in [-0.2, 0) is 17.6 Å². The number of amides is 1. The van der Waals surface area contributed by atoms with Crippen molar-refractivity contribution in [3.05, 3.63) is 51.4 Å². The summed E-state index contributed by atoms with van der Waals surface area (Å²) < 4.78 is 0. The molecule has 1 unspecified atom stereocenters. The number of nitrogens with zero attached hydrogens (tertiary/aromatic N) is 1. The number of aromatic amines is 1. The number of nitrogens with one attached hydrogen (secondary N) is 2. The molecule has 0 saturated heterocycles. The van der Waals surface area contributed by atoms with Crippen LogP contribution in [0, 0.1) is 6.92 Å². The molecule has 1 aliphatic rings. The first-order valence-electron chi connectivity index (χ1n) is 8.73.